The molecule has 2 amide bonds. The molecule has 0 spiro atoms. The first-order valence-electron chi connectivity index (χ1n) is 23.1. The van der Waals surface area contributed by atoms with E-state index in [1.54, 1.807) is 13.0 Å². The van der Waals surface area contributed by atoms with Crippen molar-refractivity contribution >= 4 is 17.5 Å². The number of rotatable bonds is 18. The van der Waals surface area contributed by atoms with Gasteiger partial charge in [0.2, 0.25) is 5.91 Å². The van der Waals surface area contributed by atoms with Gasteiger partial charge < -0.3 is 40.1 Å². The molecular weight excluding hydrogens is 816 g/mol. The number of fused-ring (bicyclic) bond motifs is 2. The molecule has 350 valence electrons. The van der Waals surface area contributed by atoms with E-state index < -0.39 is 36.6 Å². The Balaban J connectivity index is 1.23. The molecule has 0 aromatic heterocycles. The van der Waals surface area contributed by atoms with Gasteiger partial charge in [-0.05, 0) is 105 Å². The summed E-state index contributed by atoms with van der Waals surface area (Å²) in [5.41, 5.74) is 3.92. The van der Waals surface area contributed by atoms with Gasteiger partial charge in [-0.15, -0.1) is 0 Å². The molecule has 4 N–H and O–H groups in total. The maximum Gasteiger partial charge on any atom is 0.251 e. The highest BCUT2D eigenvalue weighted by Gasteiger charge is 2.57. The van der Waals surface area contributed by atoms with Crippen LogP contribution in [0.4, 0.5) is 10.1 Å². The van der Waals surface area contributed by atoms with Crippen molar-refractivity contribution in [3.05, 3.63) is 83.2 Å². The molecule has 3 aromatic rings. The molecule has 2 heterocycles. The number of hydrogen-bond acceptors (Lipinski definition) is 11. The van der Waals surface area contributed by atoms with Crippen molar-refractivity contribution in [3.8, 4) is 16.9 Å². The summed E-state index contributed by atoms with van der Waals surface area (Å²) in [6, 6.07) is 17.2. The van der Waals surface area contributed by atoms with Crippen molar-refractivity contribution in [1.29, 1.82) is 0 Å². The fourth-order valence-corrected chi connectivity index (χ4v) is 10.8. The van der Waals surface area contributed by atoms with Crippen molar-refractivity contribution in [2.24, 2.45) is 29.1 Å². The Morgan fingerprint density at radius 3 is 2.41 bits per heavy atom. The molecule has 14 heteroatoms. The monoisotopic (exact) mass is 887 g/mol. The highest BCUT2D eigenvalue weighted by molar-refractivity contribution is 5.97. The Labute approximate surface area is 379 Å². The van der Waals surface area contributed by atoms with Gasteiger partial charge in [0.05, 0.1) is 32.5 Å². The number of hydroxylamine groups is 2. The maximum atomic E-state index is 16.3. The third kappa shape index (κ3) is 10.8. The molecule has 5 fully saturated rings. The molecule has 2 saturated heterocycles. The molecule has 3 saturated carbocycles. The van der Waals surface area contributed by atoms with Gasteiger partial charge in [0.15, 0.2) is 0 Å². The van der Waals surface area contributed by atoms with Crippen LogP contribution >= 0.6 is 0 Å². The zero-order chi connectivity index (χ0) is 45.9. The number of nitrogens with zero attached hydrogens (tertiary/aromatic N) is 4. The molecule has 0 radical (unpaired) electrons. The normalized spacial score (nSPS) is 26.5. The molecule has 13 nitrogen and oxygen atoms in total. The van der Waals surface area contributed by atoms with E-state index in [9.17, 15) is 19.8 Å². The molecule has 1 unspecified atom stereocenters. The number of carbonyl (C=O) groups excluding carboxylic acids is 2. The van der Waals surface area contributed by atoms with E-state index in [4.69, 9.17) is 14.3 Å². The summed E-state index contributed by atoms with van der Waals surface area (Å²) < 4.78 is 28.6. The Hall–Kier alpha value is -4.15. The summed E-state index contributed by atoms with van der Waals surface area (Å²) in [7, 11) is 7.75. The average Bonchev–Trinajstić information content (AvgIpc) is 3.63. The van der Waals surface area contributed by atoms with E-state index >= 15 is 4.39 Å². The van der Waals surface area contributed by atoms with Crippen LogP contribution in [0.2, 0.25) is 0 Å². The molecule has 64 heavy (non-hydrogen) atoms. The summed E-state index contributed by atoms with van der Waals surface area (Å²) >= 11 is 0. The predicted octanol–water partition coefficient (Wildman–Crippen LogP) is 4.83. The van der Waals surface area contributed by atoms with Crippen molar-refractivity contribution in [2.45, 2.75) is 83.8 Å². The lowest BCUT2D eigenvalue weighted by molar-refractivity contribution is -0.183. The number of amides is 2. The number of likely N-dealkylation sites (N-methyl/N-ethyl adjacent to an activating group) is 1. The summed E-state index contributed by atoms with van der Waals surface area (Å²) in [4.78, 5) is 41.4. The van der Waals surface area contributed by atoms with E-state index in [2.05, 4.69) is 48.4 Å². The number of carbonyl (C=O) groups is 2. The first-order chi connectivity index (χ1) is 30.5. The third-order valence-electron chi connectivity index (χ3n) is 14.5. The van der Waals surface area contributed by atoms with Crippen LogP contribution in [0, 0.1) is 34.9 Å². The number of benzene rings is 3. The number of nitrogens with one attached hydrogen (secondary N) is 2. The number of anilines is 1. The first kappa shape index (κ1) is 47.8. The van der Waals surface area contributed by atoms with Crippen LogP contribution < -0.4 is 20.3 Å². The van der Waals surface area contributed by atoms with Gasteiger partial charge in [0, 0.05) is 80.7 Å². The topological polar surface area (TPSA) is 139 Å². The van der Waals surface area contributed by atoms with E-state index in [0.29, 0.717) is 72.6 Å². The number of aliphatic hydroxyl groups excluding tert-OH is 2. The lowest BCUT2D eigenvalue weighted by Crippen LogP contribution is -2.62. The fourth-order valence-electron chi connectivity index (χ4n) is 10.8. The molecular formula is C50H71FN6O7. The Morgan fingerprint density at radius 2 is 1.77 bits per heavy atom. The van der Waals surface area contributed by atoms with Crippen molar-refractivity contribution < 1.29 is 38.5 Å². The fraction of sp³-hybridized carbons (Fsp3) is 0.600. The summed E-state index contributed by atoms with van der Waals surface area (Å²) in [6.07, 6.45) is 0.804. The third-order valence-corrected chi connectivity index (χ3v) is 14.5. The number of hydrogen-bond donors (Lipinski definition) is 4. The SMILES string of the molecule is C[C@@H]1[C@@H](NC(=O)[C@@H]2[C@H]([C@H](C)O)[C@H](CO)ON2Cc2cc(F)cc(-c3cc(C(=O)NC(Cc4ccccc4)CN(C)C)cc(N(C)C)c3)c2OCCN2CCOCC2)C[C@H]2C[C@@H]1C2(C)C. The Morgan fingerprint density at radius 1 is 1.03 bits per heavy atom. The van der Waals surface area contributed by atoms with Crippen LogP contribution in [-0.4, -0.2) is 148 Å². The smallest absolute Gasteiger partial charge is 0.251 e. The maximum absolute atomic E-state index is 16.3. The number of aliphatic hydroxyl groups is 2. The minimum absolute atomic E-state index is 0.0410. The summed E-state index contributed by atoms with van der Waals surface area (Å²) in [5.74, 6) is -0.179. The van der Waals surface area contributed by atoms with Crippen molar-refractivity contribution in [2.75, 3.05) is 85.7 Å². The largest absolute Gasteiger partial charge is 0.491 e. The molecule has 3 aliphatic carbocycles. The van der Waals surface area contributed by atoms with Gasteiger partial charge in [0.25, 0.3) is 5.91 Å². The molecule has 8 rings (SSSR count). The standard InChI is InChI=1S/C50H71FN6O7/c1-31-42-25-37(50(42,3)4)26-43(31)53-49(61)46-45(32(2)59)44(30-58)64-57(46)28-36-22-38(51)27-41(47(36)63-19-16-56-14-17-62-18-15-56)34-21-35(24-40(23-34)55(7)8)48(60)52-39(29-54(5)6)20-33-12-10-9-11-13-33/h9-13,21-24,27,31-32,37,39,42-46,58-59H,14-20,25-26,28-30H2,1-8H3,(H,52,60)(H,53,61)/t31-,32-,37+,39?,42-,43-,44-,45+,46-/m0/s1. The summed E-state index contributed by atoms with van der Waals surface area (Å²) in [5, 5.41) is 29.8. The lowest BCUT2D eigenvalue weighted by atomic mass is 9.45. The van der Waals surface area contributed by atoms with Gasteiger partial charge in [-0.25, -0.2) is 4.39 Å². The van der Waals surface area contributed by atoms with E-state index in [-0.39, 0.29) is 48.4 Å². The molecule has 2 aliphatic heterocycles. The van der Waals surface area contributed by atoms with E-state index in [0.717, 1.165) is 37.2 Å². The molecule has 2 bridgehead atoms. The minimum Gasteiger partial charge on any atom is -0.491 e. The minimum atomic E-state index is -0.996. The van der Waals surface area contributed by atoms with Gasteiger partial charge in [-0.2, -0.15) is 5.06 Å². The zero-order valence-electron chi connectivity index (χ0n) is 39.1. The van der Waals surface area contributed by atoms with Gasteiger partial charge in [-0.3, -0.25) is 19.3 Å². The lowest BCUT2D eigenvalue weighted by Gasteiger charge is -2.62. The van der Waals surface area contributed by atoms with E-state index in [1.165, 1.54) is 17.2 Å². The Kier molecular flexibility index (Phi) is 15.4. The van der Waals surface area contributed by atoms with Crippen LogP contribution in [0.3, 0.4) is 0 Å². The van der Waals surface area contributed by atoms with Crippen LogP contribution in [0.1, 0.15) is 62.0 Å². The Bertz CT molecular complexity index is 2060. The number of halogens is 1. The van der Waals surface area contributed by atoms with Crippen LogP contribution in [0.5, 0.6) is 5.75 Å². The van der Waals surface area contributed by atoms with Gasteiger partial charge in [-0.1, -0.05) is 51.1 Å². The van der Waals surface area contributed by atoms with Gasteiger partial charge >= 0.3 is 0 Å². The van der Waals surface area contributed by atoms with Crippen LogP contribution in [0.25, 0.3) is 11.1 Å². The average molecular weight is 887 g/mol. The van der Waals surface area contributed by atoms with Crippen molar-refractivity contribution in [1.82, 2.24) is 25.5 Å². The quantitative estimate of drug-likeness (QED) is 0.140. The predicted molar refractivity (Wildman–Crippen MR) is 246 cm³/mol. The second-order valence-corrected chi connectivity index (χ2v) is 19.8. The zero-order valence-corrected chi connectivity index (χ0v) is 39.1. The second kappa shape index (κ2) is 20.6. The number of morpholine rings is 1. The second-order valence-electron chi connectivity index (χ2n) is 19.8. The molecule has 9 atom stereocenters. The van der Waals surface area contributed by atoms with Crippen LogP contribution in [0.15, 0.2) is 60.7 Å². The van der Waals surface area contributed by atoms with Crippen molar-refractivity contribution in [3.63, 3.8) is 0 Å². The van der Waals surface area contributed by atoms with E-state index in [1.807, 2.05) is 68.3 Å². The van der Waals surface area contributed by atoms with Crippen LogP contribution in [-0.2, 0) is 27.3 Å². The highest BCUT2D eigenvalue weighted by Crippen LogP contribution is 2.61. The first-order valence-corrected chi connectivity index (χ1v) is 23.1. The molecule has 3 aromatic carbocycles. The van der Waals surface area contributed by atoms with Gasteiger partial charge in [0.1, 0.15) is 30.3 Å². The molecule has 5 aliphatic rings. The highest BCUT2D eigenvalue weighted by atomic mass is 19.1. The summed E-state index contributed by atoms with van der Waals surface area (Å²) in [6.45, 7) is 12.2. The number of ether oxygens (including phenoxy) is 2.